The Kier molecular flexibility index (Phi) is 9.11. The minimum absolute atomic E-state index is 0.0147. The fourth-order valence-electron chi connectivity index (χ4n) is 3.12. The minimum atomic E-state index is -5.02. The Morgan fingerprint density at radius 2 is 1.69 bits per heavy atom. The lowest BCUT2D eigenvalue weighted by molar-refractivity contribution is -0.143. The number of carbonyl (C=O) groups is 1. The molecule has 3 N–H and O–H groups in total. The quantitative estimate of drug-likeness (QED) is 0.246. The molecule has 1 heterocycles. The lowest BCUT2D eigenvalue weighted by atomic mass is 10.0. The van der Waals surface area contributed by atoms with Gasteiger partial charge in [0.05, 0.1) is 11.1 Å². The predicted molar refractivity (Wildman–Crippen MR) is 122 cm³/mol. The molecule has 0 spiro atoms. The Bertz CT molecular complexity index is 1110. The Balaban J connectivity index is 2.38. The number of halogens is 7. The van der Waals surface area contributed by atoms with Gasteiger partial charge in [-0.3, -0.25) is 15.2 Å². The van der Waals surface area contributed by atoms with E-state index < -0.39 is 40.8 Å². The summed E-state index contributed by atoms with van der Waals surface area (Å²) in [7, 11) is 0. The van der Waals surface area contributed by atoms with Crippen molar-refractivity contribution in [2.24, 2.45) is 10.7 Å². The van der Waals surface area contributed by atoms with Crippen LogP contribution in [0.25, 0.3) is 0 Å². The van der Waals surface area contributed by atoms with Crippen LogP contribution in [0.5, 0.6) is 0 Å². The van der Waals surface area contributed by atoms with E-state index in [1.165, 1.54) is 12.3 Å². The van der Waals surface area contributed by atoms with E-state index in [-0.39, 0.29) is 36.1 Å². The van der Waals surface area contributed by atoms with Gasteiger partial charge >= 0.3 is 12.4 Å². The number of nitrogens with zero attached hydrogens (tertiary/aromatic N) is 2. The summed E-state index contributed by atoms with van der Waals surface area (Å²) >= 11 is 0. The summed E-state index contributed by atoms with van der Waals surface area (Å²) in [6, 6.07) is 1.09. The molecule has 0 radical (unpaired) electrons. The number of hydrogen-bond acceptors (Lipinski definition) is 4. The van der Waals surface area contributed by atoms with E-state index in [0.717, 1.165) is 5.01 Å². The molecule has 1 aliphatic rings. The number of aliphatic imine (C=N–C) groups is 1. The molecule has 0 unspecified atom stereocenters. The fourth-order valence-corrected chi connectivity index (χ4v) is 3.12. The maximum atomic E-state index is 14.8. The third-order valence-electron chi connectivity index (χ3n) is 5.18. The third kappa shape index (κ3) is 7.46. The first-order valence-electron chi connectivity index (χ1n) is 10.7. The van der Waals surface area contributed by atoms with Crippen molar-refractivity contribution in [1.82, 2.24) is 10.4 Å². The Morgan fingerprint density at radius 3 is 2.17 bits per heavy atom. The number of amides is 1. The molecular formula is C24H25F7N4O. The maximum absolute atomic E-state index is 14.8. The SMILES string of the molecule is C\C=C/C=C(C/C(=C\N1CN=C(c2cc(C(F)(F)F)cc(C(F)(F)F)c2)N1)C(N)=O)\C(F)=C(/C)CC. The first-order valence-corrected chi connectivity index (χ1v) is 10.7. The molecule has 0 fully saturated rings. The van der Waals surface area contributed by atoms with Crippen LogP contribution in [0.3, 0.4) is 0 Å². The van der Waals surface area contributed by atoms with Crippen LogP contribution in [0.15, 0.2) is 70.2 Å². The van der Waals surface area contributed by atoms with E-state index in [9.17, 15) is 35.5 Å². The monoisotopic (exact) mass is 518 g/mol. The molecule has 36 heavy (non-hydrogen) atoms. The normalized spacial score (nSPS) is 16.3. The number of amidine groups is 1. The predicted octanol–water partition coefficient (Wildman–Crippen LogP) is 6.16. The van der Waals surface area contributed by atoms with E-state index in [1.54, 1.807) is 32.9 Å². The van der Waals surface area contributed by atoms with Crippen LogP contribution < -0.4 is 11.2 Å². The molecule has 0 aliphatic carbocycles. The summed E-state index contributed by atoms with van der Waals surface area (Å²) in [5.74, 6) is -1.68. The summed E-state index contributed by atoms with van der Waals surface area (Å²) in [6.07, 6.45) is -3.91. The maximum Gasteiger partial charge on any atom is 0.416 e. The molecule has 1 aromatic rings. The molecule has 1 amide bonds. The summed E-state index contributed by atoms with van der Waals surface area (Å²) in [4.78, 5) is 16.0. The first kappa shape index (κ1) is 28.7. The topological polar surface area (TPSA) is 70.7 Å². The van der Waals surface area contributed by atoms with Crippen molar-refractivity contribution >= 4 is 11.7 Å². The Labute approximate surface area is 203 Å². The summed E-state index contributed by atoms with van der Waals surface area (Å²) < 4.78 is 93.9. The highest BCUT2D eigenvalue weighted by Crippen LogP contribution is 2.36. The summed E-state index contributed by atoms with van der Waals surface area (Å²) in [5.41, 5.74) is 5.13. The summed E-state index contributed by atoms with van der Waals surface area (Å²) in [5, 5.41) is 1.16. The van der Waals surface area contributed by atoms with Gasteiger partial charge in [-0.05, 0) is 49.6 Å². The number of rotatable bonds is 8. The zero-order valence-corrected chi connectivity index (χ0v) is 19.7. The molecule has 0 aromatic heterocycles. The molecule has 1 aliphatic heterocycles. The Hall–Kier alpha value is -3.57. The second kappa shape index (κ2) is 11.4. The highest BCUT2D eigenvalue weighted by atomic mass is 19.4. The van der Waals surface area contributed by atoms with Gasteiger partial charge < -0.3 is 5.73 Å². The van der Waals surface area contributed by atoms with Gasteiger partial charge in [0.15, 0.2) is 0 Å². The van der Waals surface area contributed by atoms with Crippen molar-refractivity contribution in [3.8, 4) is 0 Å². The van der Waals surface area contributed by atoms with Crippen LogP contribution in [0, 0.1) is 0 Å². The van der Waals surface area contributed by atoms with Gasteiger partial charge in [-0.15, -0.1) is 0 Å². The molecule has 0 atom stereocenters. The van der Waals surface area contributed by atoms with Crippen LogP contribution in [0.2, 0.25) is 0 Å². The van der Waals surface area contributed by atoms with Gasteiger partial charge in [-0.1, -0.05) is 25.2 Å². The second-order valence-corrected chi connectivity index (χ2v) is 7.89. The van der Waals surface area contributed by atoms with Crippen molar-refractivity contribution in [1.29, 1.82) is 0 Å². The number of alkyl halides is 6. The number of benzene rings is 1. The summed E-state index contributed by atoms with van der Waals surface area (Å²) in [6.45, 7) is 4.83. The number of allylic oxidation sites excluding steroid dienone is 6. The minimum Gasteiger partial charge on any atom is -0.366 e. The second-order valence-electron chi connectivity index (χ2n) is 7.89. The van der Waals surface area contributed by atoms with Gasteiger partial charge in [0.1, 0.15) is 18.3 Å². The highest BCUT2D eigenvalue weighted by molar-refractivity contribution is 6.00. The number of nitrogens with one attached hydrogen (secondary N) is 1. The molecule has 0 saturated carbocycles. The lowest BCUT2D eigenvalue weighted by Gasteiger charge is -2.18. The number of primary amides is 1. The molecule has 0 saturated heterocycles. The molecular weight excluding hydrogens is 493 g/mol. The van der Waals surface area contributed by atoms with Crippen molar-refractivity contribution in [2.75, 3.05) is 6.67 Å². The van der Waals surface area contributed by atoms with Crippen LogP contribution in [0.4, 0.5) is 30.7 Å². The van der Waals surface area contributed by atoms with Crippen molar-refractivity contribution in [3.05, 3.63) is 81.9 Å². The van der Waals surface area contributed by atoms with E-state index in [0.29, 0.717) is 24.1 Å². The van der Waals surface area contributed by atoms with E-state index in [1.807, 2.05) is 0 Å². The third-order valence-corrected chi connectivity index (χ3v) is 5.18. The van der Waals surface area contributed by atoms with E-state index >= 15 is 0 Å². The zero-order chi connectivity index (χ0) is 27.3. The molecule has 12 heteroatoms. The fraction of sp³-hybridized carbons (Fsp3) is 0.333. The average molecular weight is 518 g/mol. The molecule has 0 bridgehead atoms. The first-order chi connectivity index (χ1) is 16.7. The zero-order valence-electron chi connectivity index (χ0n) is 19.7. The van der Waals surface area contributed by atoms with Crippen LogP contribution in [-0.4, -0.2) is 23.4 Å². The number of hydrogen-bond donors (Lipinski definition) is 2. The standard InChI is InChI=1S/C24H25F7N4O/c1-4-6-7-15(20(25)14(3)5-2)8-17(21(32)36)12-35-13-33-22(34-35)16-9-18(23(26,27)28)11-19(10-16)24(29,30)31/h4,6-7,9-12H,5,8,13H2,1-3H3,(H2,32,36)(H,33,34)/b6-4-,15-7-,17-12+,20-14-. The van der Waals surface area contributed by atoms with Crippen LogP contribution in [0.1, 0.15) is 50.3 Å². The van der Waals surface area contributed by atoms with Gasteiger partial charge in [0.2, 0.25) is 5.91 Å². The van der Waals surface area contributed by atoms with E-state index in [2.05, 4.69) is 10.4 Å². The van der Waals surface area contributed by atoms with Crippen molar-refractivity contribution < 1.29 is 35.5 Å². The molecule has 196 valence electrons. The Morgan fingerprint density at radius 1 is 1.11 bits per heavy atom. The molecule has 2 rings (SSSR count). The molecule has 1 aromatic carbocycles. The number of nitrogens with two attached hydrogens (primary N) is 1. The largest absolute Gasteiger partial charge is 0.416 e. The lowest BCUT2D eigenvalue weighted by Crippen LogP contribution is -2.33. The van der Waals surface area contributed by atoms with Crippen LogP contribution >= 0.6 is 0 Å². The average Bonchev–Trinajstić information content (AvgIpc) is 3.27. The van der Waals surface area contributed by atoms with Gasteiger partial charge in [0.25, 0.3) is 0 Å². The van der Waals surface area contributed by atoms with Gasteiger partial charge in [-0.2, -0.15) is 26.3 Å². The van der Waals surface area contributed by atoms with Crippen molar-refractivity contribution in [3.63, 3.8) is 0 Å². The van der Waals surface area contributed by atoms with Gasteiger partial charge in [-0.25, -0.2) is 9.38 Å². The number of hydrazine groups is 1. The van der Waals surface area contributed by atoms with Crippen molar-refractivity contribution in [2.45, 2.75) is 46.0 Å². The molecule has 5 nitrogen and oxygen atoms in total. The van der Waals surface area contributed by atoms with Gasteiger partial charge in [0, 0.05) is 23.8 Å². The number of carbonyl (C=O) groups excluding carboxylic acids is 1. The smallest absolute Gasteiger partial charge is 0.366 e. The van der Waals surface area contributed by atoms with Crippen LogP contribution in [-0.2, 0) is 17.1 Å². The highest BCUT2D eigenvalue weighted by Gasteiger charge is 2.37. The van der Waals surface area contributed by atoms with E-state index in [4.69, 9.17) is 5.73 Å².